The highest BCUT2D eigenvalue weighted by Crippen LogP contribution is 2.18. The van der Waals surface area contributed by atoms with E-state index >= 15 is 0 Å². The van der Waals surface area contributed by atoms with Gasteiger partial charge in [0.15, 0.2) is 0 Å². The van der Waals surface area contributed by atoms with Gasteiger partial charge in [-0.3, -0.25) is 4.79 Å². The predicted octanol–water partition coefficient (Wildman–Crippen LogP) is 1.12. The summed E-state index contributed by atoms with van der Waals surface area (Å²) < 4.78 is 0. The molecule has 4 heteroatoms. The summed E-state index contributed by atoms with van der Waals surface area (Å²) >= 11 is 1.72. The quantitative estimate of drug-likeness (QED) is 0.795. The van der Waals surface area contributed by atoms with Crippen LogP contribution in [-0.2, 0) is 11.3 Å². The van der Waals surface area contributed by atoms with Crippen molar-refractivity contribution in [2.75, 3.05) is 6.54 Å². The molecule has 0 bridgehead atoms. The summed E-state index contributed by atoms with van der Waals surface area (Å²) in [5, 5.41) is 2.10. The van der Waals surface area contributed by atoms with Gasteiger partial charge in [0.2, 0.25) is 5.91 Å². The minimum atomic E-state index is 0.0298. The Labute approximate surface area is 87.5 Å². The number of thiophene rings is 1. The molecule has 2 N–H and O–H groups in total. The summed E-state index contributed by atoms with van der Waals surface area (Å²) in [5.74, 6) is 0.182. The van der Waals surface area contributed by atoms with Gasteiger partial charge in [0.25, 0.3) is 0 Å². The molecule has 2 rings (SSSR count). The summed E-state index contributed by atoms with van der Waals surface area (Å²) in [5.41, 5.74) is 6.93. The lowest BCUT2D eigenvalue weighted by Gasteiger charge is -2.14. The molecule has 3 nitrogen and oxygen atoms in total. The van der Waals surface area contributed by atoms with Gasteiger partial charge >= 0.3 is 0 Å². The lowest BCUT2D eigenvalue weighted by atomic mass is 10.3. The number of nitrogens with two attached hydrogens (primary N) is 1. The number of amides is 1. The topological polar surface area (TPSA) is 46.3 Å². The van der Waals surface area contributed by atoms with Crippen LogP contribution in [0, 0.1) is 6.92 Å². The number of hydrogen-bond acceptors (Lipinski definition) is 3. The molecule has 1 aliphatic heterocycles. The highest BCUT2D eigenvalue weighted by atomic mass is 32.1. The zero-order chi connectivity index (χ0) is 10.1. The molecule has 0 aliphatic carbocycles. The lowest BCUT2D eigenvalue weighted by Crippen LogP contribution is -2.27. The molecule has 1 unspecified atom stereocenters. The van der Waals surface area contributed by atoms with Crippen molar-refractivity contribution in [1.29, 1.82) is 0 Å². The molecule has 0 saturated carbocycles. The third-order valence-corrected chi connectivity index (χ3v) is 3.31. The average Bonchev–Trinajstić information content (AvgIpc) is 2.61. The third-order valence-electron chi connectivity index (χ3n) is 2.40. The second-order valence-corrected chi connectivity index (χ2v) is 4.92. The maximum absolute atomic E-state index is 11.4. The molecule has 0 radical (unpaired) electrons. The van der Waals surface area contributed by atoms with E-state index in [0.717, 1.165) is 6.54 Å². The van der Waals surface area contributed by atoms with Crippen molar-refractivity contribution in [2.24, 2.45) is 5.73 Å². The zero-order valence-electron chi connectivity index (χ0n) is 8.19. The molecule has 76 valence electrons. The number of rotatable bonds is 2. The van der Waals surface area contributed by atoms with Crippen LogP contribution in [-0.4, -0.2) is 23.4 Å². The van der Waals surface area contributed by atoms with Crippen molar-refractivity contribution in [3.05, 3.63) is 21.9 Å². The van der Waals surface area contributed by atoms with Gasteiger partial charge in [-0.1, -0.05) is 0 Å². The molecule has 1 atom stereocenters. The fourth-order valence-corrected chi connectivity index (χ4v) is 2.46. The standard InChI is InChI=1S/C10H14N2OS/c1-7-2-8(6-14-7)4-12-5-9(11)3-10(12)13/h2,6,9H,3-5,11H2,1H3. The minimum absolute atomic E-state index is 0.0298. The third kappa shape index (κ3) is 1.96. The Balaban J connectivity index is 2.01. The summed E-state index contributed by atoms with van der Waals surface area (Å²) in [6.07, 6.45) is 0.503. The van der Waals surface area contributed by atoms with Crippen LogP contribution in [0.25, 0.3) is 0 Å². The van der Waals surface area contributed by atoms with Gasteiger partial charge in [-0.05, 0) is 23.9 Å². The molecule has 14 heavy (non-hydrogen) atoms. The first-order valence-electron chi connectivity index (χ1n) is 4.72. The fraction of sp³-hybridized carbons (Fsp3) is 0.500. The molecule has 1 aromatic heterocycles. The van der Waals surface area contributed by atoms with Gasteiger partial charge in [-0.15, -0.1) is 11.3 Å². The van der Waals surface area contributed by atoms with Crippen LogP contribution in [0.1, 0.15) is 16.9 Å². The Bertz CT molecular complexity index is 348. The van der Waals surface area contributed by atoms with E-state index in [2.05, 4.69) is 18.4 Å². The van der Waals surface area contributed by atoms with Crippen LogP contribution in [0.4, 0.5) is 0 Å². The summed E-state index contributed by atoms with van der Waals surface area (Å²) in [7, 11) is 0. The maximum atomic E-state index is 11.4. The Hall–Kier alpha value is -0.870. The van der Waals surface area contributed by atoms with Crippen molar-refractivity contribution in [3.8, 4) is 0 Å². The number of aryl methyl sites for hydroxylation is 1. The monoisotopic (exact) mass is 210 g/mol. The largest absolute Gasteiger partial charge is 0.337 e. The molecular formula is C10H14N2OS. The number of hydrogen-bond donors (Lipinski definition) is 1. The Kier molecular flexibility index (Phi) is 2.56. The molecule has 1 fully saturated rings. The van der Waals surface area contributed by atoms with Crippen molar-refractivity contribution >= 4 is 17.2 Å². The number of carbonyl (C=O) groups excluding carboxylic acids is 1. The van der Waals surface area contributed by atoms with Crippen molar-refractivity contribution < 1.29 is 4.79 Å². The van der Waals surface area contributed by atoms with Gasteiger partial charge in [0, 0.05) is 30.4 Å². The van der Waals surface area contributed by atoms with E-state index in [-0.39, 0.29) is 11.9 Å². The zero-order valence-corrected chi connectivity index (χ0v) is 9.01. The van der Waals surface area contributed by atoms with Gasteiger partial charge in [-0.2, -0.15) is 0 Å². The molecule has 0 aromatic carbocycles. The average molecular weight is 210 g/mol. The van der Waals surface area contributed by atoms with E-state index in [9.17, 15) is 4.79 Å². The van der Waals surface area contributed by atoms with Crippen molar-refractivity contribution in [3.63, 3.8) is 0 Å². The SMILES string of the molecule is Cc1cc(CN2CC(N)CC2=O)cs1. The van der Waals surface area contributed by atoms with Crippen LogP contribution in [0.5, 0.6) is 0 Å². The molecule has 2 heterocycles. The fourth-order valence-electron chi connectivity index (χ4n) is 1.76. The first-order chi connectivity index (χ1) is 6.65. The van der Waals surface area contributed by atoms with Crippen molar-refractivity contribution in [1.82, 2.24) is 4.90 Å². The van der Waals surface area contributed by atoms with Gasteiger partial charge in [-0.25, -0.2) is 0 Å². The first-order valence-corrected chi connectivity index (χ1v) is 5.60. The van der Waals surface area contributed by atoms with E-state index < -0.39 is 0 Å². The molecule has 1 saturated heterocycles. The van der Waals surface area contributed by atoms with Crippen molar-refractivity contribution in [2.45, 2.75) is 25.9 Å². The number of nitrogens with zero attached hydrogens (tertiary/aromatic N) is 1. The molecule has 1 amide bonds. The number of likely N-dealkylation sites (tertiary alicyclic amines) is 1. The van der Waals surface area contributed by atoms with Gasteiger partial charge in [0.05, 0.1) is 0 Å². The summed E-state index contributed by atoms with van der Waals surface area (Å²) in [6.45, 7) is 3.50. The highest BCUT2D eigenvalue weighted by Gasteiger charge is 2.26. The Morgan fingerprint density at radius 3 is 3.00 bits per heavy atom. The van der Waals surface area contributed by atoms with Gasteiger partial charge in [0.1, 0.15) is 0 Å². The minimum Gasteiger partial charge on any atom is -0.337 e. The molecule has 1 aromatic rings. The summed E-state index contributed by atoms with van der Waals surface area (Å²) in [6, 6.07) is 2.16. The van der Waals surface area contributed by atoms with E-state index in [1.165, 1.54) is 10.4 Å². The first kappa shape index (κ1) is 9.68. The second kappa shape index (κ2) is 3.71. The summed E-state index contributed by atoms with van der Waals surface area (Å²) in [4.78, 5) is 14.6. The van der Waals surface area contributed by atoms with E-state index in [1.54, 1.807) is 11.3 Å². The lowest BCUT2D eigenvalue weighted by molar-refractivity contribution is -0.128. The van der Waals surface area contributed by atoms with Gasteiger partial charge < -0.3 is 10.6 Å². The van der Waals surface area contributed by atoms with E-state index in [1.807, 2.05) is 4.90 Å². The van der Waals surface area contributed by atoms with Crippen LogP contribution in [0.3, 0.4) is 0 Å². The normalized spacial score (nSPS) is 22.0. The molecule has 0 spiro atoms. The van der Waals surface area contributed by atoms with Crippen LogP contribution in [0.2, 0.25) is 0 Å². The highest BCUT2D eigenvalue weighted by molar-refractivity contribution is 7.10. The Morgan fingerprint density at radius 2 is 2.50 bits per heavy atom. The molecular weight excluding hydrogens is 196 g/mol. The molecule has 1 aliphatic rings. The van der Waals surface area contributed by atoms with Crippen LogP contribution < -0.4 is 5.73 Å². The number of carbonyl (C=O) groups is 1. The predicted molar refractivity (Wildman–Crippen MR) is 57.1 cm³/mol. The van der Waals surface area contributed by atoms with Crippen LogP contribution in [0.15, 0.2) is 11.4 Å². The maximum Gasteiger partial charge on any atom is 0.224 e. The van der Waals surface area contributed by atoms with Crippen LogP contribution >= 0.6 is 11.3 Å². The van der Waals surface area contributed by atoms with E-state index in [4.69, 9.17) is 5.73 Å². The second-order valence-electron chi connectivity index (χ2n) is 3.80. The van der Waals surface area contributed by atoms with E-state index in [0.29, 0.717) is 13.0 Å². The smallest absolute Gasteiger partial charge is 0.224 e. The Morgan fingerprint density at radius 1 is 1.71 bits per heavy atom.